The van der Waals surface area contributed by atoms with E-state index in [9.17, 15) is 9.90 Å². The standard InChI is InChI=1S/C23H20N2O3.C2H6/c1-22(2)17-9-4-5-10-18(17)25(3)23(22)13-24-20-15-7-6-8-16(21(26)27)14(15)11-12-19(20)28-23;1-2/h4-13H,1-3H3,(H,26,27);1-2H3. The number of aromatic carboxylic acids is 1. The number of anilines is 1. The number of para-hydroxylation sites is 1. The molecule has 0 fully saturated rings. The van der Waals surface area contributed by atoms with Crippen LogP contribution in [-0.4, -0.2) is 30.1 Å². The van der Waals surface area contributed by atoms with Crippen molar-refractivity contribution in [2.24, 2.45) is 4.99 Å². The van der Waals surface area contributed by atoms with Crippen molar-refractivity contribution in [3.63, 3.8) is 0 Å². The Balaban J connectivity index is 0.00000106. The van der Waals surface area contributed by atoms with E-state index in [2.05, 4.69) is 30.9 Å². The molecular formula is C25H26N2O3. The van der Waals surface area contributed by atoms with Gasteiger partial charge in [0.25, 0.3) is 0 Å². The summed E-state index contributed by atoms with van der Waals surface area (Å²) >= 11 is 0. The van der Waals surface area contributed by atoms with Crippen molar-refractivity contribution < 1.29 is 14.6 Å². The summed E-state index contributed by atoms with van der Waals surface area (Å²) in [7, 11) is 2.02. The van der Waals surface area contributed by atoms with E-state index < -0.39 is 11.7 Å². The van der Waals surface area contributed by atoms with Crippen LogP contribution in [0.1, 0.15) is 43.6 Å². The van der Waals surface area contributed by atoms with Crippen LogP contribution in [0.3, 0.4) is 0 Å². The van der Waals surface area contributed by atoms with Crippen molar-refractivity contribution in [3.8, 4) is 5.75 Å². The Kier molecular flexibility index (Phi) is 4.57. The number of rotatable bonds is 1. The van der Waals surface area contributed by atoms with Crippen LogP contribution < -0.4 is 9.64 Å². The third kappa shape index (κ3) is 2.48. The van der Waals surface area contributed by atoms with Gasteiger partial charge in [0.1, 0.15) is 11.4 Å². The van der Waals surface area contributed by atoms with Gasteiger partial charge < -0.3 is 14.7 Å². The van der Waals surface area contributed by atoms with Crippen LogP contribution in [0, 0.1) is 0 Å². The van der Waals surface area contributed by atoms with E-state index >= 15 is 0 Å². The highest BCUT2D eigenvalue weighted by atomic mass is 16.5. The molecule has 5 heteroatoms. The second-order valence-electron chi connectivity index (χ2n) is 7.88. The van der Waals surface area contributed by atoms with E-state index in [1.807, 2.05) is 51.4 Å². The first-order chi connectivity index (χ1) is 14.4. The molecule has 3 aromatic rings. The van der Waals surface area contributed by atoms with E-state index in [0.717, 1.165) is 11.1 Å². The molecule has 1 spiro atoms. The van der Waals surface area contributed by atoms with Crippen LogP contribution in [0.2, 0.25) is 0 Å². The van der Waals surface area contributed by atoms with E-state index in [-0.39, 0.29) is 11.0 Å². The summed E-state index contributed by atoms with van der Waals surface area (Å²) < 4.78 is 6.63. The first-order valence-electron chi connectivity index (χ1n) is 10.2. The lowest BCUT2D eigenvalue weighted by molar-refractivity contribution is 0.0699. The average molecular weight is 402 g/mol. The molecule has 0 saturated carbocycles. The summed E-state index contributed by atoms with van der Waals surface area (Å²) in [6.45, 7) is 8.33. The number of carboxylic acid groups (broad SMARTS) is 1. The number of hydrogen-bond donors (Lipinski definition) is 1. The van der Waals surface area contributed by atoms with Crippen LogP contribution in [0.25, 0.3) is 10.8 Å². The molecule has 1 atom stereocenters. The molecule has 5 rings (SSSR count). The zero-order chi connectivity index (χ0) is 21.7. The van der Waals surface area contributed by atoms with Gasteiger partial charge >= 0.3 is 5.97 Å². The van der Waals surface area contributed by atoms with Crippen LogP contribution in [0.15, 0.2) is 59.6 Å². The van der Waals surface area contributed by atoms with Gasteiger partial charge in [-0.3, -0.25) is 4.99 Å². The Morgan fingerprint density at radius 1 is 1.00 bits per heavy atom. The van der Waals surface area contributed by atoms with Gasteiger partial charge in [0, 0.05) is 18.1 Å². The van der Waals surface area contributed by atoms with Crippen molar-refractivity contribution in [1.82, 2.24) is 0 Å². The fourth-order valence-corrected chi connectivity index (χ4v) is 4.60. The molecule has 0 amide bonds. The van der Waals surface area contributed by atoms with Gasteiger partial charge in [-0.15, -0.1) is 0 Å². The number of fused-ring (bicyclic) bond motifs is 4. The molecule has 1 unspecified atom stereocenters. The minimum atomic E-state index is -0.949. The number of ether oxygens (including phenoxy) is 1. The molecule has 0 aromatic heterocycles. The minimum absolute atomic E-state index is 0.265. The van der Waals surface area contributed by atoms with Gasteiger partial charge in [-0.25, -0.2) is 4.79 Å². The third-order valence-corrected chi connectivity index (χ3v) is 6.19. The fourth-order valence-electron chi connectivity index (χ4n) is 4.60. The number of benzene rings is 3. The van der Waals surface area contributed by atoms with Gasteiger partial charge in [-0.2, -0.15) is 0 Å². The van der Waals surface area contributed by atoms with Crippen molar-refractivity contribution in [2.75, 3.05) is 11.9 Å². The third-order valence-electron chi connectivity index (χ3n) is 6.19. The lowest BCUT2D eigenvalue weighted by Crippen LogP contribution is -2.61. The first-order valence-corrected chi connectivity index (χ1v) is 10.2. The van der Waals surface area contributed by atoms with Gasteiger partial charge in [-0.05, 0) is 49.1 Å². The van der Waals surface area contributed by atoms with Crippen molar-refractivity contribution in [3.05, 3.63) is 65.7 Å². The summed E-state index contributed by atoms with van der Waals surface area (Å²) in [5.41, 5.74) is 2.20. The largest absolute Gasteiger partial charge is 0.478 e. The topological polar surface area (TPSA) is 62.1 Å². The maximum absolute atomic E-state index is 11.6. The molecule has 0 aliphatic carbocycles. The molecule has 3 aromatic carbocycles. The predicted molar refractivity (Wildman–Crippen MR) is 122 cm³/mol. The predicted octanol–water partition coefficient (Wildman–Crippen LogP) is 5.78. The SMILES string of the molecule is CC.CN1c2ccccc2C(C)(C)C12C=Nc1c(ccc3c(C(=O)O)cccc13)O2. The number of hydrogen-bond acceptors (Lipinski definition) is 4. The monoisotopic (exact) mass is 402 g/mol. The van der Waals surface area contributed by atoms with Crippen molar-refractivity contribution >= 4 is 34.3 Å². The zero-order valence-corrected chi connectivity index (χ0v) is 17.9. The molecule has 2 aliphatic heterocycles. The Morgan fingerprint density at radius 2 is 1.73 bits per heavy atom. The number of nitrogens with zero attached hydrogens (tertiary/aromatic N) is 2. The molecule has 0 radical (unpaired) electrons. The molecule has 2 aliphatic rings. The summed E-state index contributed by atoms with van der Waals surface area (Å²) in [6.07, 6.45) is 1.86. The number of likely N-dealkylation sites (N-methyl/N-ethyl adjacent to an activating group) is 1. The zero-order valence-electron chi connectivity index (χ0n) is 17.9. The highest BCUT2D eigenvalue weighted by Crippen LogP contribution is 2.54. The maximum Gasteiger partial charge on any atom is 0.336 e. The van der Waals surface area contributed by atoms with Crippen LogP contribution in [0.5, 0.6) is 5.75 Å². The Labute approximate surface area is 176 Å². The van der Waals surface area contributed by atoms with E-state index in [0.29, 0.717) is 16.8 Å². The molecule has 0 saturated heterocycles. The molecule has 2 heterocycles. The number of aliphatic imine (C=N–C) groups is 1. The van der Waals surface area contributed by atoms with Gasteiger partial charge in [0.15, 0.2) is 0 Å². The quantitative estimate of drug-likeness (QED) is 0.560. The van der Waals surface area contributed by atoms with E-state index in [4.69, 9.17) is 9.73 Å². The van der Waals surface area contributed by atoms with Crippen LogP contribution in [-0.2, 0) is 5.41 Å². The first kappa shape index (κ1) is 20.0. The summed E-state index contributed by atoms with van der Waals surface area (Å²) in [5.74, 6) is -0.292. The molecule has 5 nitrogen and oxygen atoms in total. The van der Waals surface area contributed by atoms with Gasteiger partial charge in [0.05, 0.1) is 17.2 Å². The smallest absolute Gasteiger partial charge is 0.336 e. The second kappa shape index (κ2) is 6.87. The summed E-state index contributed by atoms with van der Waals surface area (Å²) in [6, 6.07) is 17.2. The molecule has 30 heavy (non-hydrogen) atoms. The summed E-state index contributed by atoms with van der Waals surface area (Å²) in [5, 5.41) is 10.9. The number of carbonyl (C=O) groups is 1. The van der Waals surface area contributed by atoms with Crippen molar-refractivity contribution in [2.45, 2.75) is 38.8 Å². The second-order valence-corrected chi connectivity index (χ2v) is 7.88. The highest BCUT2D eigenvalue weighted by molar-refractivity contribution is 6.09. The van der Waals surface area contributed by atoms with Gasteiger partial charge in [-0.1, -0.05) is 44.2 Å². The maximum atomic E-state index is 11.6. The average Bonchev–Trinajstić information content (AvgIpc) is 2.93. The van der Waals surface area contributed by atoms with Gasteiger partial charge in [0.2, 0.25) is 5.72 Å². The lowest BCUT2D eigenvalue weighted by Gasteiger charge is -2.45. The molecule has 0 bridgehead atoms. The van der Waals surface area contributed by atoms with E-state index in [1.165, 1.54) is 5.56 Å². The van der Waals surface area contributed by atoms with Crippen LogP contribution >= 0.6 is 0 Å². The van der Waals surface area contributed by atoms with E-state index in [1.54, 1.807) is 18.2 Å². The lowest BCUT2D eigenvalue weighted by atomic mass is 9.77. The fraction of sp³-hybridized carbons (Fsp3) is 0.280. The Morgan fingerprint density at radius 3 is 2.43 bits per heavy atom. The molecule has 154 valence electrons. The van der Waals surface area contributed by atoms with Crippen LogP contribution in [0.4, 0.5) is 11.4 Å². The number of carboxylic acids is 1. The summed E-state index contributed by atoms with van der Waals surface area (Å²) in [4.78, 5) is 18.5. The van der Waals surface area contributed by atoms with Crippen molar-refractivity contribution in [1.29, 1.82) is 0 Å². The normalized spacial score (nSPS) is 20.2. The Bertz CT molecular complexity index is 1180. The highest BCUT2D eigenvalue weighted by Gasteiger charge is 2.58. The molecule has 1 N–H and O–H groups in total. The minimum Gasteiger partial charge on any atom is -0.478 e. The Hall–Kier alpha value is -3.34. The molecular weight excluding hydrogens is 376 g/mol.